The molecule has 1 aromatic rings. The van der Waals surface area contributed by atoms with Crippen LogP contribution in [0.4, 0.5) is 30.7 Å². The zero-order valence-electron chi connectivity index (χ0n) is 10.5. The monoisotopic (exact) mass is 382 g/mol. The van der Waals surface area contributed by atoms with Gasteiger partial charge in [-0.1, -0.05) is 28.1 Å². The molecule has 1 rings (SSSR count). The van der Waals surface area contributed by atoms with Gasteiger partial charge in [0.2, 0.25) is 0 Å². The maximum absolute atomic E-state index is 13.7. The van der Waals surface area contributed by atoms with Crippen LogP contribution in [0.5, 0.6) is 0 Å². The van der Waals surface area contributed by atoms with Crippen molar-refractivity contribution in [2.75, 3.05) is 7.11 Å². The van der Waals surface area contributed by atoms with Crippen molar-refractivity contribution in [3.63, 3.8) is 0 Å². The molecule has 0 radical (unpaired) electrons. The first-order valence-corrected chi connectivity index (χ1v) is 6.32. The third kappa shape index (κ3) is 3.88. The lowest BCUT2D eigenvalue weighted by molar-refractivity contribution is -0.348. The Labute approximate surface area is 124 Å². The van der Waals surface area contributed by atoms with E-state index >= 15 is 0 Å². The van der Waals surface area contributed by atoms with Crippen molar-refractivity contribution < 1.29 is 35.5 Å². The van der Waals surface area contributed by atoms with Crippen LogP contribution in [0.15, 0.2) is 28.7 Å². The molecule has 0 saturated carbocycles. The summed E-state index contributed by atoms with van der Waals surface area (Å²) in [6.07, 6.45) is -15.8. The summed E-state index contributed by atoms with van der Waals surface area (Å²) in [6.45, 7) is 0. The minimum absolute atomic E-state index is 0.00222. The second-order valence-corrected chi connectivity index (χ2v) is 5.20. The van der Waals surface area contributed by atoms with Crippen molar-refractivity contribution in [1.29, 1.82) is 0 Å². The van der Waals surface area contributed by atoms with E-state index in [9.17, 15) is 30.7 Å². The average Bonchev–Trinajstić information content (AvgIpc) is 2.32. The van der Waals surface area contributed by atoms with Gasteiger partial charge in [-0.3, -0.25) is 0 Å². The predicted octanol–water partition coefficient (Wildman–Crippen LogP) is 5.36. The van der Waals surface area contributed by atoms with Gasteiger partial charge >= 0.3 is 18.0 Å². The second kappa shape index (κ2) is 6.12. The molecule has 0 amide bonds. The van der Waals surface area contributed by atoms with E-state index in [1.807, 2.05) is 0 Å². The van der Waals surface area contributed by atoms with E-state index in [1.165, 1.54) is 24.3 Å². The van der Waals surface area contributed by atoms with E-state index in [4.69, 9.17) is 0 Å². The lowest BCUT2D eigenvalue weighted by atomic mass is 9.93. The molecule has 1 atom stereocenters. The zero-order valence-corrected chi connectivity index (χ0v) is 12.1. The van der Waals surface area contributed by atoms with Gasteiger partial charge in [0, 0.05) is 18.0 Å². The molecule has 0 spiro atoms. The van der Waals surface area contributed by atoms with Crippen LogP contribution in [-0.2, 0) is 4.74 Å². The Morgan fingerprint density at radius 3 is 1.95 bits per heavy atom. The van der Waals surface area contributed by atoms with Gasteiger partial charge in [0.15, 0.2) is 0 Å². The number of halogens is 8. The molecule has 0 saturated heterocycles. The SMILES string of the molecule is COC(CC(F)(C(F)(F)F)C(F)(F)F)c1cccc(Br)c1. The topological polar surface area (TPSA) is 9.23 Å². The molecule has 9 heteroatoms. The summed E-state index contributed by atoms with van der Waals surface area (Å²) >= 11 is 3.02. The molecule has 0 aliphatic heterocycles. The highest BCUT2D eigenvalue weighted by molar-refractivity contribution is 9.10. The highest BCUT2D eigenvalue weighted by Crippen LogP contribution is 2.51. The van der Waals surface area contributed by atoms with E-state index in [2.05, 4.69) is 20.7 Å². The summed E-state index contributed by atoms with van der Waals surface area (Å²) < 4.78 is 93.9. The first-order valence-electron chi connectivity index (χ1n) is 5.53. The summed E-state index contributed by atoms with van der Waals surface area (Å²) in [7, 11) is 0.915. The lowest BCUT2D eigenvalue weighted by Gasteiger charge is -2.32. The van der Waals surface area contributed by atoms with Crippen molar-refractivity contribution in [3.8, 4) is 0 Å². The number of benzene rings is 1. The second-order valence-electron chi connectivity index (χ2n) is 4.28. The van der Waals surface area contributed by atoms with Crippen molar-refractivity contribution >= 4 is 15.9 Å². The van der Waals surface area contributed by atoms with Crippen LogP contribution in [0.1, 0.15) is 18.1 Å². The van der Waals surface area contributed by atoms with Crippen LogP contribution in [0, 0.1) is 0 Å². The largest absolute Gasteiger partial charge is 0.431 e. The fraction of sp³-hybridized carbons (Fsp3) is 0.500. The Bertz CT molecular complexity index is 469. The van der Waals surface area contributed by atoms with Gasteiger partial charge < -0.3 is 4.74 Å². The molecule has 120 valence electrons. The van der Waals surface area contributed by atoms with E-state index in [0.717, 1.165) is 7.11 Å². The quantitative estimate of drug-likeness (QED) is 0.637. The van der Waals surface area contributed by atoms with Gasteiger partial charge in [-0.25, -0.2) is 4.39 Å². The number of hydrogen-bond donors (Lipinski definition) is 0. The Hall–Kier alpha value is -0.830. The molecule has 0 bridgehead atoms. The highest BCUT2D eigenvalue weighted by Gasteiger charge is 2.72. The molecule has 1 nitrogen and oxygen atoms in total. The van der Waals surface area contributed by atoms with Crippen molar-refractivity contribution in [1.82, 2.24) is 0 Å². The van der Waals surface area contributed by atoms with Crippen molar-refractivity contribution in [2.45, 2.75) is 30.5 Å². The molecular weight excluding hydrogens is 373 g/mol. The van der Waals surface area contributed by atoms with Crippen LogP contribution < -0.4 is 0 Å². The van der Waals surface area contributed by atoms with Gasteiger partial charge in [0.05, 0.1) is 6.10 Å². The average molecular weight is 383 g/mol. The summed E-state index contributed by atoms with van der Waals surface area (Å²) in [5.74, 6) is 0. The molecule has 0 aromatic heterocycles. The number of ether oxygens (including phenoxy) is 1. The minimum atomic E-state index is -6.09. The standard InChI is InChI=1S/C12H10BrF7O/c1-21-9(7-3-2-4-8(13)5-7)6-10(14,11(15,16)17)12(18,19)20/h2-5,9H,6H2,1H3. The van der Waals surface area contributed by atoms with Gasteiger partial charge in [0.1, 0.15) is 0 Å². The molecule has 0 heterocycles. The van der Waals surface area contributed by atoms with Crippen LogP contribution >= 0.6 is 15.9 Å². The van der Waals surface area contributed by atoms with E-state index in [1.54, 1.807) is 0 Å². The highest BCUT2D eigenvalue weighted by atomic mass is 79.9. The maximum Gasteiger partial charge on any atom is 0.431 e. The molecule has 21 heavy (non-hydrogen) atoms. The van der Waals surface area contributed by atoms with Gasteiger partial charge in [-0.2, -0.15) is 26.3 Å². The molecule has 0 aliphatic rings. The molecular formula is C12H10BrF7O. The van der Waals surface area contributed by atoms with Crippen LogP contribution in [-0.4, -0.2) is 25.1 Å². The maximum atomic E-state index is 13.7. The molecule has 1 unspecified atom stereocenters. The Morgan fingerprint density at radius 2 is 1.57 bits per heavy atom. The van der Waals surface area contributed by atoms with E-state index < -0.39 is 30.5 Å². The fourth-order valence-electron chi connectivity index (χ4n) is 1.69. The third-order valence-corrected chi connectivity index (χ3v) is 3.36. The van der Waals surface area contributed by atoms with Crippen molar-refractivity contribution in [3.05, 3.63) is 34.3 Å². The van der Waals surface area contributed by atoms with E-state index in [0.29, 0.717) is 4.47 Å². The van der Waals surface area contributed by atoms with Crippen LogP contribution in [0.2, 0.25) is 0 Å². The molecule has 0 N–H and O–H groups in total. The fourth-order valence-corrected chi connectivity index (χ4v) is 2.11. The summed E-state index contributed by atoms with van der Waals surface area (Å²) in [6, 6.07) is 5.44. The summed E-state index contributed by atoms with van der Waals surface area (Å²) in [4.78, 5) is 0. The first kappa shape index (κ1) is 18.2. The van der Waals surface area contributed by atoms with Gasteiger partial charge in [0.25, 0.3) is 0 Å². The summed E-state index contributed by atoms with van der Waals surface area (Å²) in [5, 5.41) is 0. The predicted molar refractivity (Wildman–Crippen MR) is 64.5 cm³/mol. The number of hydrogen-bond acceptors (Lipinski definition) is 1. The Balaban J connectivity index is 3.18. The van der Waals surface area contributed by atoms with Crippen LogP contribution in [0.3, 0.4) is 0 Å². The Kier molecular flexibility index (Phi) is 5.31. The first-order chi connectivity index (χ1) is 9.42. The Morgan fingerprint density at radius 1 is 1.05 bits per heavy atom. The summed E-state index contributed by atoms with van der Waals surface area (Å²) in [5.41, 5.74) is -5.34. The molecule has 0 fully saturated rings. The van der Waals surface area contributed by atoms with Crippen LogP contribution in [0.25, 0.3) is 0 Å². The van der Waals surface area contributed by atoms with Crippen molar-refractivity contribution in [2.24, 2.45) is 0 Å². The van der Waals surface area contributed by atoms with Gasteiger partial charge in [-0.05, 0) is 17.7 Å². The smallest absolute Gasteiger partial charge is 0.377 e. The third-order valence-electron chi connectivity index (χ3n) is 2.87. The lowest BCUT2D eigenvalue weighted by Crippen LogP contribution is -2.54. The molecule has 1 aromatic carbocycles. The minimum Gasteiger partial charge on any atom is -0.377 e. The molecule has 0 aliphatic carbocycles. The number of rotatable bonds is 4. The van der Waals surface area contributed by atoms with E-state index in [-0.39, 0.29) is 5.56 Å². The number of methoxy groups -OCH3 is 1. The number of alkyl halides is 7. The zero-order chi connectivity index (χ0) is 16.5. The van der Waals surface area contributed by atoms with Gasteiger partial charge in [-0.15, -0.1) is 0 Å². The normalized spacial score (nSPS) is 15.1.